The summed E-state index contributed by atoms with van der Waals surface area (Å²) in [5.41, 5.74) is 2.51. The number of hydrogen-bond acceptors (Lipinski definition) is 4. The zero-order valence-corrected chi connectivity index (χ0v) is 8.01. The second-order valence-corrected chi connectivity index (χ2v) is 4.18. The van der Waals surface area contributed by atoms with E-state index in [1.807, 2.05) is 0 Å². The Morgan fingerprint density at radius 1 is 1.40 bits per heavy atom. The molecular weight excluding hydrogens is 232 g/mol. The number of nitrogens with two attached hydrogens (primary N) is 2. The van der Waals surface area contributed by atoms with E-state index in [1.54, 1.807) is 4.98 Å². The molecule has 15 heavy (non-hydrogen) atoms. The molecule has 5 N–H and O–H groups in total. The summed E-state index contributed by atoms with van der Waals surface area (Å²) >= 11 is 0. The van der Waals surface area contributed by atoms with Crippen LogP contribution in [0.2, 0.25) is 0 Å². The van der Waals surface area contributed by atoms with Gasteiger partial charge in [-0.05, 0) is 0 Å². The lowest BCUT2D eigenvalue weighted by Crippen LogP contribution is -2.22. The second kappa shape index (κ2) is 3.59. The van der Waals surface area contributed by atoms with Crippen molar-refractivity contribution in [3.8, 4) is 0 Å². The molecule has 0 fully saturated rings. The number of rotatable bonds is 2. The zero-order valence-electron chi connectivity index (χ0n) is 7.20. The van der Waals surface area contributed by atoms with Gasteiger partial charge in [0, 0.05) is 6.07 Å². The molecule has 0 aliphatic heterocycles. The van der Waals surface area contributed by atoms with Gasteiger partial charge in [0.15, 0.2) is 5.03 Å². The molecule has 0 aliphatic carbocycles. The molecule has 0 spiro atoms. The van der Waals surface area contributed by atoms with Gasteiger partial charge in [-0.3, -0.25) is 4.79 Å². The topological polar surface area (TPSA) is 119 Å². The van der Waals surface area contributed by atoms with Crippen molar-refractivity contribution in [1.29, 1.82) is 0 Å². The van der Waals surface area contributed by atoms with E-state index in [0.717, 1.165) is 0 Å². The van der Waals surface area contributed by atoms with Gasteiger partial charge in [-0.15, -0.1) is 0 Å². The molecule has 0 saturated heterocycles. The molecule has 0 aliphatic rings. The Hall–Kier alpha value is -1.48. The second-order valence-electron chi connectivity index (χ2n) is 2.68. The van der Waals surface area contributed by atoms with Crippen LogP contribution in [0.1, 0.15) is 12.1 Å². The average molecular weight is 239 g/mol. The molecule has 1 heterocycles. The molecule has 9 heteroatoms. The molecule has 0 amide bonds. The summed E-state index contributed by atoms with van der Waals surface area (Å²) in [5.74, 6) is 0. The molecule has 0 bridgehead atoms. The summed E-state index contributed by atoms with van der Waals surface area (Å²) in [4.78, 5) is 12.8. The quantitative estimate of drug-likeness (QED) is 0.647. The average Bonchev–Trinajstić information content (AvgIpc) is 2.06. The van der Waals surface area contributed by atoms with Crippen LogP contribution in [0.3, 0.4) is 0 Å². The SMILES string of the molecule is Nc1c(S(N)(=O)=O)[nH]c(C(F)F)cc1=O. The lowest BCUT2D eigenvalue weighted by atomic mass is 10.3. The minimum Gasteiger partial charge on any atom is -0.393 e. The number of hydrogen-bond donors (Lipinski definition) is 3. The van der Waals surface area contributed by atoms with Gasteiger partial charge >= 0.3 is 0 Å². The van der Waals surface area contributed by atoms with E-state index in [1.165, 1.54) is 0 Å². The number of pyridine rings is 1. The van der Waals surface area contributed by atoms with Crippen molar-refractivity contribution in [3.05, 3.63) is 22.0 Å². The zero-order chi connectivity index (χ0) is 11.8. The molecule has 1 rings (SSSR count). The highest BCUT2D eigenvalue weighted by atomic mass is 32.2. The maximum absolute atomic E-state index is 12.2. The molecule has 0 saturated carbocycles. The van der Waals surface area contributed by atoms with Gasteiger partial charge in [0.05, 0.1) is 5.69 Å². The van der Waals surface area contributed by atoms with Crippen LogP contribution in [0.15, 0.2) is 15.9 Å². The standard InChI is InChI=1S/C6H7F2N3O3S/c7-5(8)2-1-3(12)4(9)6(11-2)15(10,13)14/h1,5H,9H2,(H,11,12)(H2,10,13,14). The first-order valence-electron chi connectivity index (χ1n) is 3.57. The van der Waals surface area contributed by atoms with Crippen LogP contribution in [-0.4, -0.2) is 13.4 Å². The number of alkyl halides is 2. The predicted molar refractivity (Wildman–Crippen MR) is 47.8 cm³/mol. The number of nitrogen functional groups attached to an aromatic ring is 1. The number of aromatic amines is 1. The third-order valence-electron chi connectivity index (χ3n) is 1.57. The molecule has 0 aromatic carbocycles. The summed E-state index contributed by atoms with van der Waals surface area (Å²) in [5, 5.41) is 3.77. The van der Waals surface area contributed by atoms with Crippen LogP contribution in [0.4, 0.5) is 14.5 Å². The normalized spacial score (nSPS) is 12.0. The number of sulfonamides is 1. The maximum atomic E-state index is 12.2. The number of anilines is 1. The van der Waals surface area contributed by atoms with Crippen LogP contribution in [0, 0.1) is 0 Å². The first kappa shape index (κ1) is 11.6. The molecule has 0 unspecified atom stereocenters. The van der Waals surface area contributed by atoms with Crippen molar-refractivity contribution >= 4 is 15.7 Å². The van der Waals surface area contributed by atoms with Crippen molar-refractivity contribution in [1.82, 2.24) is 4.98 Å². The van der Waals surface area contributed by atoms with Gasteiger partial charge in [0.2, 0.25) is 5.43 Å². The highest BCUT2D eigenvalue weighted by molar-refractivity contribution is 7.89. The van der Waals surface area contributed by atoms with Crippen LogP contribution in [-0.2, 0) is 10.0 Å². The van der Waals surface area contributed by atoms with Gasteiger partial charge in [-0.2, -0.15) is 0 Å². The first-order valence-corrected chi connectivity index (χ1v) is 5.11. The molecular formula is C6H7F2N3O3S. The fourth-order valence-electron chi connectivity index (χ4n) is 0.907. The van der Waals surface area contributed by atoms with E-state index in [4.69, 9.17) is 5.73 Å². The Bertz CT molecular complexity index is 537. The Kier molecular flexibility index (Phi) is 2.77. The van der Waals surface area contributed by atoms with Gasteiger partial charge < -0.3 is 10.7 Å². The fourth-order valence-corrected chi connectivity index (χ4v) is 1.57. The summed E-state index contributed by atoms with van der Waals surface area (Å²) < 4.78 is 46.1. The Labute approximate surface area is 82.9 Å². The lowest BCUT2D eigenvalue weighted by molar-refractivity contribution is 0.145. The molecule has 0 atom stereocenters. The highest BCUT2D eigenvalue weighted by Gasteiger charge is 2.19. The summed E-state index contributed by atoms with van der Waals surface area (Å²) in [6, 6.07) is 0.522. The highest BCUT2D eigenvalue weighted by Crippen LogP contribution is 2.18. The maximum Gasteiger partial charge on any atom is 0.278 e. The molecule has 6 nitrogen and oxygen atoms in total. The number of primary sulfonamides is 1. The van der Waals surface area contributed by atoms with Crippen LogP contribution in [0.5, 0.6) is 0 Å². The number of aromatic nitrogens is 1. The fraction of sp³-hybridized carbons (Fsp3) is 0.167. The van der Waals surface area contributed by atoms with E-state index in [2.05, 4.69) is 5.14 Å². The Balaban J connectivity index is 3.60. The monoisotopic (exact) mass is 239 g/mol. The van der Waals surface area contributed by atoms with Gasteiger partial charge in [0.25, 0.3) is 16.4 Å². The van der Waals surface area contributed by atoms with E-state index in [-0.39, 0.29) is 0 Å². The largest absolute Gasteiger partial charge is 0.393 e. The molecule has 1 aromatic rings. The van der Waals surface area contributed by atoms with Gasteiger partial charge in [-0.1, -0.05) is 0 Å². The Morgan fingerprint density at radius 3 is 2.33 bits per heavy atom. The number of halogens is 2. The molecule has 1 aromatic heterocycles. The number of H-pyrrole nitrogens is 1. The van der Waals surface area contributed by atoms with Crippen molar-refractivity contribution in [3.63, 3.8) is 0 Å². The van der Waals surface area contributed by atoms with E-state index in [0.29, 0.717) is 6.07 Å². The van der Waals surface area contributed by atoms with Crippen LogP contribution < -0.4 is 16.3 Å². The van der Waals surface area contributed by atoms with Gasteiger partial charge in [0.1, 0.15) is 5.69 Å². The summed E-state index contributed by atoms with van der Waals surface area (Å²) in [6.07, 6.45) is -3.02. The van der Waals surface area contributed by atoms with Crippen molar-refractivity contribution in [2.24, 2.45) is 5.14 Å². The minimum atomic E-state index is -4.33. The van der Waals surface area contributed by atoms with Crippen molar-refractivity contribution in [2.75, 3.05) is 5.73 Å². The predicted octanol–water partition coefficient (Wildman–Crippen LogP) is -0.458. The van der Waals surface area contributed by atoms with Crippen LogP contribution in [0.25, 0.3) is 0 Å². The van der Waals surface area contributed by atoms with E-state index in [9.17, 15) is 22.0 Å². The first-order chi connectivity index (χ1) is 6.73. The third kappa shape index (κ3) is 2.30. The van der Waals surface area contributed by atoms with E-state index >= 15 is 0 Å². The Morgan fingerprint density at radius 2 is 1.93 bits per heavy atom. The van der Waals surface area contributed by atoms with E-state index < -0.39 is 38.3 Å². The third-order valence-corrected chi connectivity index (χ3v) is 2.47. The van der Waals surface area contributed by atoms with Crippen molar-refractivity contribution < 1.29 is 17.2 Å². The lowest BCUT2D eigenvalue weighted by Gasteiger charge is -2.05. The summed E-state index contributed by atoms with van der Waals surface area (Å²) in [6.45, 7) is 0. The molecule has 84 valence electrons. The van der Waals surface area contributed by atoms with Crippen LogP contribution >= 0.6 is 0 Å². The van der Waals surface area contributed by atoms with Crippen molar-refractivity contribution in [2.45, 2.75) is 11.5 Å². The smallest absolute Gasteiger partial charge is 0.278 e. The number of nitrogens with one attached hydrogen (secondary N) is 1. The van der Waals surface area contributed by atoms with Gasteiger partial charge in [-0.25, -0.2) is 22.3 Å². The molecule has 0 radical (unpaired) electrons. The minimum absolute atomic E-state index is 0.522. The summed E-state index contributed by atoms with van der Waals surface area (Å²) in [7, 11) is -4.33.